The van der Waals surface area contributed by atoms with Crippen molar-refractivity contribution in [2.45, 2.75) is 142 Å². The summed E-state index contributed by atoms with van der Waals surface area (Å²) in [4.78, 5) is 45.2. The van der Waals surface area contributed by atoms with Gasteiger partial charge in [0.15, 0.2) is 6.04 Å². The van der Waals surface area contributed by atoms with Crippen LogP contribution < -0.4 is 5.32 Å². The maximum absolute atomic E-state index is 12.2. The van der Waals surface area contributed by atoms with Gasteiger partial charge in [0.2, 0.25) is 5.91 Å². The number of aliphatic hydroxyl groups excluding tert-OH is 1. The number of esters is 1. The number of carbonyl (C=O) groups is 3. The molecule has 3 atom stereocenters. The standard InChI is InChI=1S/C30H56NO10P/c1-3-5-7-9-11-12-13-14-15-16-17-19-21-28(33)31-27(30(35)36)25-41-42(37,38)40-24-26(32)23-39-29(34)22-20-18-10-8-6-4-2/h11-12,26-27,32H,3-10,13-25H2,1-2H3,(H,31,33)(H,35,36)(H,37,38)/b12-11-. The Bertz CT molecular complexity index is 792. The molecule has 0 fully saturated rings. The Kier molecular flexibility index (Phi) is 25.7. The van der Waals surface area contributed by atoms with Crippen molar-refractivity contribution in [2.75, 3.05) is 19.8 Å². The molecule has 1 amide bonds. The van der Waals surface area contributed by atoms with Gasteiger partial charge in [0.1, 0.15) is 12.7 Å². The van der Waals surface area contributed by atoms with Gasteiger partial charge in [0, 0.05) is 12.8 Å². The van der Waals surface area contributed by atoms with Crippen LogP contribution in [-0.2, 0) is 32.7 Å². The molecule has 4 N–H and O–H groups in total. The van der Waals surface area contributed by atoms with Crippen molar-refractivity contribution in [1.82, 2.24) is 5.32 Å². The average molecular weight is 622 g/mol. The number of rotatable bonds is 29. The third-order valence-corrected chi connectivity index (χ3v) is 7.51. The number of phosphoric acid groups is 1. The molecule has 0 aromatic carbocycles. The van der Waals surface area contributed by atoms with Gasteiger partial charge in [-0.3, -0.25) is 18.6 Å². The number of carbonyl (C=O) groups excluding carboxylic acids is 2. The molecule has 0 aliphatic carbocycles. The van der Waals surface area contributed by atoms with Crippen LogP contribution >= 0.6 is 7.82 Å². The van der Waals surface area contributed by atoms with Gasteiger partial charge < -0.3 is 25.2 Å². The summed E-state index contributed by atoms with van der Waals surface area (Å²) in [5.41, 5.74) is 0. The number of carboxylic acids is 1. The number of aliphatic hydroxyl groups is 1. The number of hydrogen-bond donors (Lipinski definition) is 4. The summed E-state index contributed by atoms with van der Waals surface area (Å²) in [6.45, 7) is 2.43. The monoisotopic (exact) mass is 621 g/mol. The number of ether oxygens (including phenoxy) is 1. The minimum Gasteiger partial charge on any atom is -0.480 e. The zero-order valence-electron chi connectivity index (χ0n) is 25.8. The Morgan fingerprint density at radius 3 is 1.86 bits per heavy atom. The van der Waals surface area contributed by atoms with Crippen LogP contribution in [0.2, 0.25) is 0 Å². The molecule has 0 rings (SSSR count). The molecule has 0 aromatic rings. The summed E-state index contributed by atoms with van der Waals surface area (Å²) in [5, 5.41) is 21.5. The predicted octanol–water partition coefficient (Wildman–Crippen LogP) is 6.21. The van der Waals surface area contributed by atoms with Crippen LogP contribution in [0, 0.1) is 0 Å². The van der Waals surface area contributed by atoms with Gasteiger partial charge in [-0.05, 0) is 38.5 Å². The molecule has 0 radical (unpaired) electrons. The van der Waals surface area contributed by atoms with Crippen molar-refractivity contribution in [3.63, 3.8) is 0 Å². The largest absolute Gasteiger partial charge is 0.480 e. The topological polar surface area (TPSA) is 169 Å². The zero-order chi connectivity index (χ0) is 31.5. The van der Waals surface area contributed by atoms with E-state index in [1.807, 2.05) is 0 Å². The van der Waals surface area contributed by atoms with Crippen LogP contribution in [0.3, 0.4) is 0 Å². The lowest BCUT2D eigenvalue weighted by molar-refractivity contribution is -0.147. The van der Waals surface area contributed by atoms with Crippen molar-refractivity contribution in [2.24, 2.45) is 0 Å². The molecular weight excluding hydrogens is 565 g/mol. The van der Waals surface area contributed by atoms with Gasteiger partial charge in [-0.1, -0.05) is 90.2 Å². The van der Waals surface area contributed by atoms with E-state index < -0.39 is 57.6 Å². The van der Waals surface area contributed by atoms with Gasteiger partial charge in [-0.25, -0.2) is 9.36 Å². The highest BCUT2D eigenvalue weighted by Gasteiger charge is 2.28. The second-order valence-corrected chi connectivity index (χ2v) is 12.1. The minimum absolute atomic E-state index is 0.137. The van der Waals surface area contributed by atoms with Crippen molar-refractivity contribution in [3.8, 4) is 0 Å². The number of nitrogens with one attached hydrogen (secondary N) is 1. The third kappa shape index (κ3) is 25.9. The van der Waals surface area contributed by atoms with Crippen LogP contribution in [0.5, 0.6) is 0 Å². The van der Waals surface area contributed by atoms with Crippen LogP contribution in [-0.4, -0.2) is 64.9 Å². The van der Waals surface area contributed by atoms with Gasteiger partial charge in [0.25, 0.3) is 0 Å². The molecule has 0 bridgehead atoms. The van der Waals surface area contributed by atoms with Gasteiger partial charge in [0.05, 0.1) is 13.2 Å². The second-order valence-electron chi connectivity index (χ2n) is 10.6. The van der Waals surface area contributed by atoms with Gasteiger partial charge >= 0.3 is 19.8 Å². The Morgan fingerprint density at radius 1 is 0.738 bits per heavy atom. The number of aliphatic carboxylic acids is 1. The summed E-state index contributed by atoms with van der Waals surface area (Å²) in [7, 11) is -4.73. The van der Waals surface area contributed by atoms with Crippen LogP contribution in [0.4, 0.5) is 0 Å². The molecule has 0 heterocycles. The molecule has 0 aliphatic heterocycles. The van der Waals surface area contributed by atoms with Gasteiger partial charge in [-0.15, -0.1) is 0 Å². The van der Waals surface area contributed by atoms with Gasteiger partial charge in [-0.2, -0.15) is 0 Å². The van der Waals surface area contributed by atoms with E-state index in [-0.39, 0.29) is 12.8 Å². The maximum atomic E-state index is 12.2. The Morgan fingerprint density at radius 2 is 1.24 bits per heavy atom. The lowest BCUT2D eigenvalue weighted by Crippen LogP contribution is -2.43. The summed E-state index contributed by atoms with van der Waals surface area (Å²) in [6.07, 6.45) is 20.1. The fraction of sp³-hybridized carbons (Fsp3) is 0.833. The molecular formula is C30H56NO10P. The highest BCUT2D eigenvalue weighted by Crippen LogP contribution is 2.43. The number of hydrogen-bond acceptors (Lipinski definition) is 8. The van der Waals surface area contributed by atoms with E-state index in [2.05, 4.69) is 35.8 Å². The lowest BCUT2D eigenvalue weighted by Gasteiger charge is -2.18. The summed E-state index contributed by atoms with van der Waals surface area (Å²) >= 11 is 0. The van der Waals surface area contributed by atoms with Crippen LogP contribution in [0.15, 0.2) is 12.2 Å². The predicted molar refractivity (Wildman–Crippen MR) is 162 cm³/mol. The molecule has 11 nitrogen and oxygen atoms in total. The van der Waals surface area contributed by atoms with Crippen molar-refractivity contribution in [1.29, 1.82) is 0 Å². The molecule has 3 unspecified atom stereocenters. The van der Waals surface area contributed by atoms with Crippen molar-refractivity contribution >= 4 is 25.7 Å². The van der Waals surface area contributed by atoms with E-state index in [4.69, 9.17) is 9.26 Å². The number of unbranched alkanes of at least 4 members (excludes halogenated alkanes) is 13. The van der Waals surface area contributed by atoms with Crippen LogP contribution in [0.25, 0.3) is 0 Å². The molecule has 42 heavy (non-hydrogen) atoms. The summed E-state index contributed by atoms with van der Waals surface area (Å²) in [6, 6.07) is -1.54. The first kappa shape index (κ1) is 40.2. The Labute approximate surface area is 252 Å². The first-order valence-electron chi connectivity index (χ1n) is 15.7. The molecule has 0 aromatic heterocycles. The molecule has 12 heteroatoms. The summed E-state index contributed by atoms with van der Waals surface area (Å²) in [5.74, 6) is -2.40. The molecule has 0 spiro atoms. The fourth-order valence-corrected chi connectivity index (χ4v) is 4.78. The Balaban J connectivity index is 4.09. The van der Waals surface area contributed by atoms with Crippen LogP contribution in [0.1, 0.15) is 129 Å². The fourth-order valence-electron chi connectivity index (χ4n) is 4.01. The number of allylic oxidation sites excluding steroid dienone is 2. The normalized spacial score (nSPS) is 14.4. The van der Waals surface area contributed by atoms with E-state index in [0.717, 1.165) is 64.2 Å². The molecule has 0 saturated heterocycles. The SMILES string of the molecule is CCCCC/C=C\CCCCCCCC(=O)NC(COP(=O)(O)OCC(O)COC(=O)CCCCCCCC)C(=O)O. The van der Waals surface area contributed by atoms with E-state index in [9.17, 15) is 34.1 Å². The number of amides is 1. The quantitative estimate of drug-likeness (QED) is 0.0326. The molecule has 0 aliphatic rings. The minimum atomic E-state index is -4.73. The van der Waals surface area contributed by atoms with Crippen molar-refractivity contribution < 1.29 is 47.8 Å². The lowest BCUT2D eigenvalue weighted by atomic mass is 10.1. The smallest absolute Gasteiger partial charge is 0.472 e. The van der Waals surface area contributed by atoms with Crippen molar-refractivity contribution in [3.05, 3.63) is 12.2 Å². The van der Waals surface area contributed by atoms with E-state index >= 15 is 0 Å². The number of phosphoric ester groups is 1. The highest BCUT2D eigenvalue weighted by molar-refractivity contribution is 7.47. The van der Waals surface area contributed by atoms with E-state index in [1.54, 1.807) is 0 Å². The van der Waals surface area contributed by atoms with E-state index in [1.165, 1.54) is 25.7 Å². The first-order valence-corrected chi connectivity index (χ1v) is 17.2. The number of carboxylic acid groups (broad SMARTS) is 1. The average Bonchev–Trinajstić information content (AvgIpc) is 2.95. The maximum Gasteiger partial charge on any atom is 0.472 e. The summed E-state index contributed by atoms with van der Waals surface area (Å²) < 4.78 is 26.4. The molecule has 246 valence electrons. The van der Waals surface area contributed by atoms with E-state index in [0.29, 0.717) is 12.8 Å². The zero-order valence-corrected chi connectivity index (χ0v) is 26.7. The Hall–Kier alpha value is -1.78. The highest BCUT2D eigenvalue weighted by atomic mass is 31.2. The first-order chi connectivity index (χ1) is 20.1. The second kappa shape index (κ2) is 26.8. The third-order valence-electron chi connectivity index (χ3n) is 6.55. The molecule has 0 saturated carbocycles.